The third-order valence-corrected chi connectivity index (χ3v) is 0.542. The van der Waals surface area contributed by atoms with E-state index in [4.69, 9.17) is 5.11 Å². The molecule has 0 radical (unpaired) electrons. The summed E-state index contributed by atoms with van der Waals surface area (Å²) in [6.45, 7) is 1.83. The Hall–Kier alpha value is -1.05. The van der Waals surface area contributed by atoms with Crippen LogP contribution in [0.25, 0.3) is 0 Å². The minimum Gasteiger partial charge on any atom is -0.478 e. The lowest BCUT2D eigenvalue weighted by molar-refractivity contribution is -0.131. The maximum absolute atomic E-state index is 9.75. The summed E-state index contributed by atoms with van der Waals surface area (Å²) in [5.74, 6) is -0.914. The van der Waals surface area contributed by atoms with E-state index < -0.39 is 5.97 Å². The first kappa shape index (κ1) is 6.95. The predicted octanol–water partition coefficient (Wildman–Crippen LogP) is 1.32. The van der Waals surface area contributed by atoms with E-state index in [1.165, 1.54) is 6.08 Å². The first-order valence-electron chi connectivity index (χ1n) is 2.29. The molecular formula is C6H9O2+. The molecule has 0 aliphatic rings. The second-order valence-corrected chi connectivity index (χ2v) is 1.22. The topological polar surface area (TPSA) is 37.3 Å². The molecule has 0 aromatic rings. The van der Waals surface area contributed by atoms with Crippen LogP contribution in [0, 0.1) is 0 Å². The molecule has 0 aliphatic carbocycles. The highest BCUT2D eigenvalue weighted by Gasteiger charge is 1.78. The van der Waals surface area contributed by atoms with Crippen LogP contribution in [0.4, 0.5) is 0 Å². The summed E-state index contributed by atoms with van der Waals surface area (Å²) in [5, 5.41) is 8.02. The van der Waals surface area contributed by atoms with Crippen molar-refractivity contribution >= 4 is 5.97 Å². The van der Waals surface area contributed by atoms with Crippen LogP contribution in [0.2, 0.25) is 0 Å². The zero-order valence-corrected chi connectivity index (χ0v) is 4.66. The number of hydrogen-bond donors (Lipinski definition) is 1. The summed E-state index contributed by atoms with van der Waals surface area (Å²) in [4.78, 5) is 9.75. The van der Waals surface area contributed by atoms with Crippen LogP contribution in [-0.2, 0) is 4.79 Å². The number of allylic oxidation sites excluding steroid dienone is 3. The Bertz CT molecular complexity index is 127. The van der Waals surface area contributed by atoms with Crippen LogP contribution < -0.4 is 0 Å². The van der Waals surface area contributed by atoms with Crippen LogP contribution in [0.15, 0.2) is 24.3 Å². The molecule has 2 heteroatoms. The number of hydrogen-bond acceptors (Lipinski definition) is 1. The van der Waals surface area contributed by atoms with Crippen molar-refractivity contribution in [2.24, 2.45) is 0 Å². The summed E-state index contributed by atoms with van der Waals surface area (Å²) < 4.78 is 0. The average molecular weight is 113 g/mol. The first-order chi connectivity index (χ1) is 3.77. The summed E-state index contributed by atoms with van der Waals surface area (Å²) >= 11 is 0. The van der Waals surface area contributed by atoms with Gasteiger partial charge in [0.15, 0.2) is 0 Å². The molecule has 2 nitrogen and oxygen atoms in total. The van der Waals surface area contributed by atoms with Crippen LogP contribution in [-0.4, -0.2) is 11.1 Å². The summed E-state index contributed by atoms with van der Waals surface area (Å²) in [5.41, 5.74) is 0. The highest BCUT2D eigenvalue weighted by molar-refractivity contribution is 5.80. The number of carboxylic acids is 1. The van der Waals surface area contributed by atoms with Gasteiger partial charge in [-0.25, -0.2) is 4.79 Å². The Morgan fingerprint density at radius 2 is 2.25 bits per heavy atom. The van der Waals surface area contributed by atoms with Gasteiger partial charge in [0.25, 0.3) is 0 Å². The minimum absolute atomic E-state index is 0. The Balaban J connectivity index is 0. The largest absolute Gasteiger partial charge is 1.00 e. The van der Waals surface area contributed by atoms with Gasteiger partial charge in [0.1, 0.15) is 0 Å². The van der Waals surface area contributed by atoms with Gasteiger partial charge in [-0.05, 0) is 6.92 Å². The van der Waals surface area contributed by atoms with Gasteiger partial charge in [0.05, 0.1) is 0 Å². The molecule has 0 rings (SSSR count). The molecule has 0 aromatic carbocycles. The maximum Gasteiger partial charge on any atom is 1.00 e. The van der Waals surface area contributed by atoms with E-state index in [1.54, 1.807) is 12.2 Å². The van der Waals surface area contributed by atoms with Gasteiger partial charge in [-0.3, -0.25) is 0 Å². The lowest BCUT2D eigenvalue weighted by atomic mass is 10.4. The fourth-order valence-corrected chi connectivity index (χ4v) is 0.249. The van der Waals surface area contributed by atoms with E-state index >= 15 is 0 Å². The smallest absolute Gasteiger partial charge is 0.478 e. The van der Waals surface area contributed by atoms with Crippen LogP contribution in [0.1, 0.15) is 8.35 Å². The molecule has 0 aromatic heterocycles. The van der Waals surface area contributed by atoms with E-state index in [1.807, 2.05) is 6.92 Å². The number of aliphatic carboxylic acids is 1. The molecule has 44 valence electrons. The van der Waals surface area contributed by atoms with E-state index in [-0.39, 0.29) is 1.43 Å². The van der Waals surface area contributed by atoms with Gasteiger partial charge < -0.3 is 5.11 Å². The SMILES string of the molecule is C/C=C/C=C/C(=O)O.[H+]. The van der Waals surface area contributed by atoms with Crippen molar-refractivity contribution in [2.45, 2.75) is 6.92 Å². The molecule has 0 saturated carbocycles. The molecule has 0 spiro atoms. The van der Waals surface area contributed by atoms with E-state index in [0.717, 1.165) is 6.08 Å². The van der Waals surface area contributed by atoms with E-state index in [9.17, 15) is 4.79 Å². The summed E-state index contributed by atoms with van der Waals surface area (Å²) in [6.07, 6.45) is 5.98. The van der Waals surface area contributed by atoms with Gasteiger partial charge in [0.2, 0.25) is 0 Å². The molecule has 1 N–H and O–H groups in total. The van der Waals surface area contributed by atoms with Gasteiger partial charge >= 0.3 is 7.40 Å². The third-order valence-electron chi connectivity index (χ3n) is 0.542. The van der Waals surface area contributed by atoms with Gasteiger partial charge in [0, 0.05) is 6.08 Å². The Kier molecular flexibility index (Phi) is 3.58. The molecular weight excluding hydrogens is 104 g/mol. The van der Waals surface area contributed by atoms with Crippen molar-refractivity contribution in [1.82, 2.24) is 0 Å². The molecule has 0 atom stereocenters. The van der Waals surface area contributed by atoms with Crippen LogP contribution in [0.3, 0.4) is 0 Å². The Morgan fingerprint density at radius 3 is 2.62 bits per heavy atom. The van der Waals surface area contributed by atoms with Crippen molar-refractivity contribution in [2.75, 3.05) is 0 Å². The average Bonchev–Trinajstić information content (AvgIpc) is 1.66. The second-order valence-electron chi connectivity index (χ2n) is 1.22. The zero-order chi connectivity index (χ0) is 6.41. The molecule has 0 bridgehead atoms. The van der Waals surface area contributed by atoms with Gasteiger partial charge in [-0.15, -0.1) is 0 Å². The second kappa shape index (κ2) is 4.12. The molecule has 0 heterocycles. The molecule has 0 aliphatic heterocycles. The van der Waals surface area contributed by atoms with E-state index in [0.29, 0.717) is 0 Å². The minimum atomic E-state index is -0.914. The molecule has 0 amide bonds. The quantitative estimate of drug-likeness (QED) is 0.433. The van der Waals surface area contributed by atoms with Gasteiger partial charge in [-0.2, -0.15) is 0 Å². The maximum atomic E-state index is 9.75. The molecule has 8 heavy (non-hydrogen) atoms. The Labute approximate surface area is 49.6 Å². The van der Waals surface area contributed by atoms with Gasteiger partial charge in [-0.1, -0.05) is 18.2 Å². The predicted molar refractivity (Wildman–Crippen MR) is 32.7 cm³/mol. The van der Waals surface area contributed by atoms with Crippen molar-refractivity contribution < 1.29 is 11.3 Å². The molecule has 0 unspecified atom stereocenters. The third kappa shape index (κ3) is 4.95. The van der Waals surface area contributed by atoms with Crippen molar-refractivity contribution in [3.05, 3.63) is 24.3 Å². The standard InChI is InChI=1S/C6H8O2/c1-2-3-4-5-6(7)8/h2-5H,1H3,(H,7,8)/p+1/b3-2+,5-4+. The lowest BCUT2D eigenvalue weighted by Gasteiger charge is -1.72. The fourth-order valence-electron chi connectivity index (χ4n) is 0.249. The Morgan fingerprint density at radius 1 is 1.62 bits per heavy atom. The van der Waals surface area contributed by atoms with Crippen molar-refractivity contribution in [1.29, 1.82) is 0 Å². The fraction of sp³-hybridized carbons (Fsp3) is 0.167. The van der Waals surface area contributed by atoms with Crippen LogP contribution in [0.5, 0.6) is 0 Å². The van der Waals surface area contributed by atoms with Crippen LogP contribution >= 0.6 is 0 Å². The normalized spacial score (nSPS) is 11.1. The summed E-state index contributed by atoms with van der Waals surface area (Å²) in [6, 6.07) is 0. The number of rotatable bonds is 2. The monoisotopic (exact) mass is 113 g/mol. The molecule has 0 saturated heterocycles. The number of carbonyl (C=O) groups is 1. The lowest BCUT2D eigenvalue weighted by Crippen LogP contribution is -1.83. The van der Waals surface area contributed by atoms with Crippen molar-refractivity contribution in [3.63, 3.8) is 0 Å². The molecule has 0 fully saturated rings. The van der Waals surface area contributed by atoms with E-state index in [2.05, 4.69) is 0 Å². The zero-order valence-electron chi connectivity index (χ0n) is 5.66. The summed E-state index contributed by atoms with van der Waals surface area (Å²) in [7, 11) is 0. The number of carboxylic acid groups (broad SMARTS) is 1. The first-order valence-corrected chi connectivity index (χ1v) is 2.29. The van der Waals surface area contributed by atoms with Crippen molar-refractivity contribution in [3.8, 4) is 0 Å². The highest BCUT2D eigenvalue weighted by atomic mass is 16.4. The highest BCUT2D eigenvalue weighted by Crippen LogP contribution is 1.74.